The van der Waals surface area contributed by atoms with E-state index in [1.807, 2.05) is 86.6 Å². The summed E-state index contributed by atoms with van der Waals surface area (Å²) < 4.78 is 18.8. The van der Waals surface area contributed by atoms with Gasteiger partial charge in [0.2, 0.25) is 11.3 Å². The van der Waals surface area contributed by atoms with Gasteiger partial charge in [-0.2, -0.15) is 0 Å². The topological polar surface area (TPSA) is 57.4 Å². The quantitative estimate of drug-likeness (QED) is 0.321. The second-order valence-corrected chi connectivity index (χ2v) is 11.6. The number of aromatic nitrogens is 2. The molecule has 0 fully saturated rings. The summed E-state index contributed by atoms with van der Waals surface area (Å²) in [5.41, 5.74) is 1.26. The minimum atomic E-state index is -1.02. The van der Waals surface area contributed by atoms with E-state index in [4.69, 9.17) is 13.9 Å². The van der Waals surface area contributed by atoms with E-state index < -0.39 is 15.8 Å². The fourth-order valence-corrected chi connectivity index (χ4v) is 8.55. The lowest BCUT2D eigenvalue weighted by Gasteiger charge is -2.26. The van der Waals surface area contributed by atoms with Gasteiger partial charge in [0.05, 0.1) is 15.8 Å². The average Bonchev–Trinajstić information content (AvgIpc) is 3.40. The number of hydrogen-bond donors (Lipinski definition) is 0. The molecule has 7 heteroatoms. The Labute approximate surface area is 206 Å². The number of ether oxygens (including phenoxy) is 2. The van der Waals surface area contributed by atoms with E-state index in [-0.39, 0.29) is 0 Å². The van der Waals surface area contributed by atoms with Gasteiger partial charge in [-0.3, -0.25) is 0 Å². The Morgan fingerprint density at radius 1 is 0.457 bits per heavy atom. The van der Waals surface area contributed by atoms with Crippen LogP contribution in [-0.2, 0) is 0 Å². The maximum atomic E-state index is 6.51. The van der Waals surface area contributed by atoms with Gasteiger partial charge in [-0.25, -0.2) is 0 Å². The molecule has 0 saturated heterocycles. The van der Waals surface area contributed by atoms with Crippen LogP contribution < -0.4 is 42.0 Å². The molecule has 172 valence electrons. The highest BCUT2D eigenvalue weighted by Crippen LogP contribution is 2.46. The van der Waals surface area contributed by atoms with Crippen LogP contribution in [0.1, 0.15) is 13.8 Å². The Bertz CT molecular complexity index is 1320. The van der Waals surface area contributed by atoms with E-state index in [1.54, 1.807) is 0 Å². The molecule has 2 aliphatic rings. The molecule has 2 aliphatic heterocycles. The van der Waals surface area contributed by atoms with E-state index in [0.29, 0.717) is 11.3 Å². The first kappa shape index (κ1) is 22.0. The number of hydrogen-bond acceptors (Lipinski definition) is 5. The second kappa shape index (κ2) is 9.26. The molecule has 0 N–H and O–H groups in total. The van der Waals surface area contributed by atoms with Crippen molar-refractivity contribution in [2.24, 2.45) is 0 Å². The summed E-state index contributed by atoms with van der Waals surface area (Å²) in [6, 6.07) is 32.4. The minimum absolute atomic E-state index is 0.632. The van der Waals surface area contributed by atoms with Crippen LogP contribution in [0, 0.1) is 0 Å². The predicted octanol–water partition coefficient (Wildman–Crippen LogP) is 4.82. The van der Waals surface area contributed by atoms with Gasteiger partial charge in [-0.1, -0.05) is 62.4 Å². The van der Waals surface area contributed by atoms with E-state index in [2.05, 4.69) is 34.5 Å². The number of para-hydroxylation sites is 4. The molecule has 3 heterocycles. The van der Waals surface area contributed by atoms with E-state index in [1.165, 1.54) is 0 Å². The van der Waals surface area contributed by atoms with Crippen molar-refractivity contribution >= 4 is 48.3 Å². The maximum absolute atomic E-state index is 6.51. The standard InChI is InChI=1S/C26H16N2O3P2.C2H6/c1-5-13-21-17(9-1)29-18-10-2-6-14-22(18)32(21)25-27-28-26(31-25)33-23-15-7-3-11-19(23)30-20-12-4-8-16-24(20)33;1-2/h1-16H;1-2H3. The van der Waals surface area contributed by atoms with Gasteiger partial charge >= 0.3 is 0 Å². The molecule has 7 rings (SSSR count). The molecule has 0 unspecified atom stereocenters. The van der Waals surface area contributed by atoms with Crippen LogP contribution in [0.25, 0.3) is 0 Å². The highest BCUT2D eigenvalue weighted by atomic mass is 31.1. The van der Waals surface area contributed by atoms with Gasteiger partial charge in [-0.15, -0.1) is 10.2 Å². The molecular formula is C28H22N2O3P2. The van der Waals surface area contributed by atoms with Crippen molar-refractivity contribution in [3.05, 3.63) is 97.1 Å². The number of fused-ring (bicyclic) bond motifs is 4. The molecule has 5 aromatic rings. The fourth-order valence-electron chi connectivity index (χ4n) is 4.21. The summed E-state index contributed by atoms with van der Waals surface area (Å²) in [6.45, 7) is 4.00. The molecule has 0 atom stereocenters. The van der Waals surface area contributed by atoms with Crippen LogP contribution in [0.3, 0.4) is 0 Å². The fraction of sp³-hybridized carbons (Fsp3) is 0.0714. The Morgan fingerprint density at radius 3 is 1.06 bits per heavy atom. The third kappa shape index (κ3) is 3.72. The third-order valence-corrected chi connectivity index (χ3v) is 10.2. The zero-order valence-corrected chi connectivity index (χ0v) is 21.0. The van der Waals surface area contributed by atoms with Crippen LogP contribution >= 0.6 is 15.8 Å². The van der Waals surface area contributed by atoms with Gasteiger partial charge in [0.25, 0.3) is 0 Å². The van der Waals surface area contributed by atoms with Crippen molar-refractivity contribution in [3.8, 4) is 23.0 Å². The van der Waals surface area contributed by atoms with Crippen LogP contribution in [0.4, 0.5) is 0 Å². The number of benzene rings is 4. The Morgan fingerprint density at radius 2 is 0.743 bits per heavy atom. The lowest BCUT2D eigenvalue weighted by Crippen LogP contribution is -2.28. The van der Waals surface area contributed by atoms with Crippen LogP contribution in [-0.4, -0.2) is 10.2 Å². The lowest BCUT2D eigenvalue weighted by molar-refractivity contribution is 0.488. The highest BCUT2D eigenvalue weighted by molar-refractivity contribution is 7.80. The first-order chi connectivity index (χ1) is 17.4. The maximum Gasteiger partial charge on any atom is 0.247 e. The monoisotopic (exact) mass is 496 g/mol. The SMILES string of the molecule is CC.c1ccc2c(c1)Oc1ccccc1P2c1nnc(P2c3ccccc3Oc3ccccc32)o1. The molecular weight excluding hydrogens is 474 g/mol. The number of rotatable bonds is 2. The second-order valence-electron chi connectivity index (χ2n) is 7.61. The van der Waals surface area contributed by atoms with E-state index in [0.717, 1.165) is 44.2 Å². The first-order valence-corrected chi connectivity index (χ1v) is 14.2. The Balaban J connectivity index is 0.00000112. The van der Waals surface area contributed by atoms with Crippen molar-refractivity contribution in [2.45, 2.75) is 13.8 Å². The van der Waals surface area contributed by atoms with Gasteiger partial charge in [-0.05, 0) is 48.5 Å². The van der Waals surface area contributed by atoms with Crippen molar-refractivity contribution in [2.75, 3.05) is 0 Å². The molecule has 0 bridgehead atoms. The van der Waals surface area contributed by atoms with Crippen molar-refractivity contribution in [1.82, 2.24) is 10.2 Å². The molecule has 4 aromatic carbocycles. The van der Waals surface area contributed by atoms with Gasteiger partial charge in [0.1, 0.15) is 23.0 Å². The van der Waals surface area contributed by atoms with Crippen molar-refractivity contribution in [3.63, 3.8) is 0 Å². The zero-order chi connectivity index (χ0) is 23.8. The molecule has 0 saturated carbocycles. The summed E-state index contributed by atoms with van der Waals surface area (Å²) in [7, 11) is -2.04. The smallest absolute Gasteiger partial charge is 0.247 e. The summed E-state index contributed by atoms with van der Waals surface area (Å²) in [6.07, 6.45) is 0. The molecule has 0 radical (unpaired) electrons. The molecule has 0 aliphatic carbocycles. The van der Waals surface area contributed by atoms with Crippen molar-refractivity contribution < 1.29 is 13.9 Å². The molecule has 35 heavy (non-hydrogen) atoms. The lowest BCUT2D eigenvalue weighted by atomic mass is 10.3. The summed E-state index contributed by atoms with van der Waals surface area (Å²) >= 11 is 0. The zero-order valence-electron chi connectivity index (χ0n) is 19.3. The average molecular weight is 496 g/mol. The summed E-state index contributed by atoms with van der Waals surface area (Å²) in [5, 5.41) is 13.5. The minimum Gasteiger partial charge on any atom is -0.456 e. The molecule has 0 spiro atoms. The first-order valence-electron chi connectivity index (χ1n) is 11.5. The van der Waals surface area contributed by atoms with Gasteiger partial charge in [0, 0.05) is 21.2 Å². The van der Waals surface area contributed by atoms with Crippen LogP contribution in [0.15, 0.2) is 101 Å². The third-order valence-electron chi connectivity index (χ3n) is 5.65. The van der Waals surface area contributed by atoms with Gasteiger partial charge in [0.15, 0.2) is 0 Å². The molecule has 5 nitrogen and oxygen atoms in total. The van der Waals surface area contributed by atoms with Crippen molar-refractivity contribution in [1.29, 1.82) is 0 Å². The molecule has 0 amide bonds. The normalized spacial score (nSPS) is 13.7. The molecule has 1 aromatic heterocycles. The Kier molecular flexibility index (Phi) is 5.82. The summed E-state index contributed by atoms with van der Waals surface area (Å²) in [5.74, 6) is 3.37. The van der Waals surface area contributed by atoms with Gasteiger partial charge < -0.3 is 13.9 Å². The Hall–Kier alpha value is -3.52. The highest BCUT2D eigenvalue weighted by Gasteiger charge is 2.36. The summed E-state index contributed by atoms with van der Waals surface area (Å²) in [4.78, 5) is 0. The van der Waals surface area contributed by atoms with Crippen LogP contribution in [0.2, 0.25) is 0 Å². The van der Waals surface area contributed by atoms with E-state index in [9.17, 15) is 0 Å². The largest absolute Gasteiger partial charge is 0.456 e. The predicted molar refractivity (Wildman–Crippen MR) is 143 cm³/mol. The number of nitrogens with zero attached hydrogens (tertiary/aromatic N) is 2. The van der Waals surface area contributed by atoms with E-state index >= 15 is 0 Å². The van der Waals surface area contributed by atoms with Crippen LogP contribution in [0.5, 0.6) is 23.0 Å².